The molecule has 0 spiro atoms. The number of nitrogens with one attached hydrogen (secondary N) is 1. The highest BCUT2D eigenvalue weighted by molar-refractivity contribution is 9.11. The standard InChI is InChI=1S/C9H14BrNO2S/c10-9-2-1-8(14-9)7-11-3-5-13-6-4-12/h1-2,11-12H,3-7H2. The van der Waals surface area contributed by atoms with Crippen molar-refractivity contribution in [2.24, 2.45) is 0 Å². The minimum Gasteiger partial charge on any atom is -0.394 e. The highest BCUT2D eigenvalue weighted by Crippen LogP contribution is 2.21. The zero-order valence-corrected chi connectivity index (χ0v) is 10.2. The van der Waals surface area contributed by atoms with E-state index in [0.29, 0.717) is 13.2 Å². The molecule has 0 aliphatic rings. The average molecular weight is 280 g/mol. The maximum atomic E-state index is 8.45. The normalized spacial score (nSPS) is 10.7. The van der Waals surface area contributed by atoms with Crippen LogP contribution in [0.25, 0.3) is 0 Å². The number of aliphatic hydroxyl groups is 1. The van der Waals surface area contributed by atoms with Crippen LogP contribution in [0.4, 0.5) is 0 Å². The molecule has 0 amide bonds. The van der Waals surface area contributed by atoms with Crippen LogP contribution in [0.1, 0.15) is 4.88 Å². The molecule has 14 heavy (non-hydrogen) atoms. The number of aliphatic hydroxyl groups excluding tert-OH is 1. The Morgan fingerprint density at radius 3 is 2.93 bits per heavy atom. The topological polar surface area (TPSA) is 41.5 Å². The van der Waals surface area contributed by atoms with E-state index >= 15 is 0 Å². The Hall–Kier alpha value is 0.0600. The van der Waals surface area contributed by atoms with Crippen LogP contribution in [0.2, 0.25) is 0 Å². The van der Waals surface area contributed by atoms with E-state index in [-0.39, 0.29) is 6.61 Å². The second kappa shape index (κ2) is 7.36. The first-order valence-corrected chi connectivity index (χ1v) is 6.07. The molecule has 1 aromatic heterocycles. The van der Waals surface area contributed by atoms with Gasteiger partial charge in [-0.05, 0) is 28.1 Å². The fourth-order valence-corrected chi connectivity index (χ4v) is 2.42. The third-order valence-electron chi connectivity index (χ3n) is 1.59. The van der Waals surface area contributed by atoms with Crippen LogP contribution in [0, 0.1) is 0 Å². The van der Waals surface area contributed by atoms with Crippen molar-refractivity contribution < 1.29 is 9.84 Å². The number of hydrogen-bond acceptors (Lipinski definition) is 4. The molecular formula is C9H14BrNO2S. The molecule has 0 atom stereocenters. The van der Waals surface area contributed by atoms with Gasteiger partial charge in [0.2, 0.25) is 0 Å². The van der Waals surface area contributed by atoms with E-state index in [1.807, 2.05) is 6.07 Å². The summed E-state index contributed by atoms with van der Waals surface area (Å²) in [5, 5.41) is 11.7. The Kier molecular flexibility index (Phi) is 6.38. The number of hydrogen-bond donors (Lipinski definition) is 2. The van der Waals surface area contributed by atoms with Crippen LogP contribution < -0.4 is 5.32 Å². The Balaban J connectivity index is 1.99. The molecule has 0 aromatic carbocycles. The van der Waals surface area contributed by atoms with E-state index in [9.17, 15) is 0 Å². The fourth-order valence-electron chi connectivity index (χ4n) is 0.969. The van der Waals surface area contributed by atoms with E-state index in [2.05, 4.69) is 27.3 Å². The first-order valence-electron chi connectivity index (χ1n) is 4.46. The molecule has 1 heterocycles. The molecular weight excluding hydrogens is 266 g/mol. The van der Waals surface area contributed by atoms with Gasteiger partial charge in [-0.3, -0.25) is 0 Å². The van der Waals surface area contributed by atoms with E-state index in [1.54, 1.807) is 11.3 Å². The van der Waals surface area contributed by atoms with Gasteiger partial charge in [0.05, 0.1) is 23.6 Å². The molecule has 0 saturated carbocycles. The van der Waals surface area contributed by atoms with Crippen LogP contribution in [-0.4, -0.2) is 31.5 Å². The molecule has 0 unspecified atom stereocenters. The first-order chi connectivity index (χ1) is 6.83. The molecule has 0 fully saturated rings. The van der Waals surface area contributed by atoms with Gasteiger partial charge in [-0.1, -0.05) is 0 Å². The number of halogens is 1. The second-order valence-electron chi connectivity index (χ2n) is 2.72. The number of ether oxygens (including phenoxy) is 1. The average Bonchev–Trinajstić information content (AvgIpc) is 2.58. The van der Waals surface area contributed by atoms with Crippen LogP contribution >= 0.6 is 27.3 Å². The van der Waals surface area contributed by atoms with Gasteiger partial charge in [-0.15, -0.1) is 11.3 Å². The maximum absolute atomic E-state index is 8.45. The zero-order chi connectivity index (χ0) is 10.2. The van der Waals surface area contributed by atoms with Crippen molar-refractivity contribution >= 4 is 27.3 Å². The molecule has 0 aliphatic carbocycles. The molecule has 1 aromatic rings. The Bertz CT molecular complexity index is 255. The summed E-state index contributed by atoms with van der Waals surface area (Å²) in [6.45, 7) is 2.85. The molecule has 5 heteroatoms. The summed E-state index contributed by atoms with van der Waals surface area (Å²) in [6.07, 6.45) is 0. The van der Waals surface area contributed by atoms with Gasteiger partial charge in [0.1, 0.15) is 0 Å². The molecule has 0 saturated heterocycles. The summed E-state index contributed by atoms with van der Waals surface area (Å²) in [4.78, 5) is 1.30. The lowest BCUT2D eigenvalue weighted by atomic mass is 10.4. The minimum atomic E-state index is 0.0951. The first kappa shape index (κ1) is 12.1. The summed E-state index contributed by atoms with van der Waals surface area (Å²) >= 11 is 5.14. The molecule has 0 aliphatic heterocycles. The summed E-state index contributed by atoms with van der Waals surface area (Å²) in [6, 6.07) is 4.14. The zero-order valence-electron chi connectivity index (χ0n) is 7.83. The van der Waals surface area contributed by atoms with E-state index < -0.39 is 0 Å². The van der Waals surface area contributed by atoms with Gasteiger partial charge in [0, 0.05) is 18.0 Å². The van der Waals surface area contributed by atoms with Gasteiger partial charge in [-0.25, -0.2) is 0 Å². The SMILES string of the molecule is OCCOCCNCc1ccc(Br)s1. The lowest BCUT2D eigenvalue weighted by molar-refractivity contribution is 0.0938. The van der Waals surface area contributed by atoms with Crippen LogP contribution in [0.3, 0.4) is 0 Å². The Labute approximate surface area is 96.2 Å². The molecule has 3 nitrogen and oxygen atoms in total. The quantitative estimate of drug-likeness (QED) is 0.746. The van der Waals surface area contributed by atoms with Gasteiger partial charge < -0.3 is 15.2 Å². The molecule has 0 radical (unpaired) electrons. The number of rotatable bonds is 7. The predicted octanol–water partition coefficient (Wildman–Crippen LogP) is 1.61. The van der Waals surface area contributed by atoms with E-state index in [1.165, 1.54) is 4.88 Å². The maximum Gasteiger partial charge on any atom is 0.0701 e. The van der Waals surface area contributed by atoms with Gasteiger partial charge in [-0.2, -0.15) is 0 Å². The Morgan fingerprint density at radius 1 is 1.43 bits per heavy atom. The highest BCUT2D eigenvalue weighted by atomic mass is 79.9. The van der Waals surface area contributed by atoms with Gasteiger partial charge in [0.15, 0.2) is 0 Å². The van der Waals surface area contributed by atoms with Crippen molar-refractivity contribution in [1.82, 2.24) is 5.32 Å². The molecule has 80 valence electrons. The van der Waals surface area contributed by atoms with Crippen LogP contribution in [0.15, 0.2) is 15.9 Å². The molecule has 2 N–H and O–H groups in total. The summed E-state index contributed by atoms with van der Waals surface area (Å²) < 4.78 is 6.27. The van der Waals surface area contributed by atoms with Gasteiger partial charge >= 0.3 is 0 Å². The Morgan fingerprint density at radius 2 is 2.29 bits per heavy atom. The monoisotopic (exact) mass is 279 g/mol. The lowest BCUT2D eigenvalue weighted by Crippen LogP contribution is -2.19. The van der Waals surface area contributed by atoms with Crippen LogP contribution in [-0.2, 0) is 11.3 Å². The van der Waals surface area contributed by atoms with Crippen molar-refractivity contribution in [1.29, 1.82) is 0 Å². The summed E-state index contributed by atoms with van der Waals surface area (Å²) in [5.74, 6) is 0. The van der Waals surface area contributed by atoms with Crippen molar-refractivity contribution in [2.75, 3.05) is 26.4 Å². The van der Waals surface area contributed by atoms with Crippen LogP contribution in [0.5, 0.6) is 0 Å². The van der Waals surface area contributed by atoms with Crippen molar-refractivity contribution in [3.05, 3.63) is 20.8 Å². The van der Waals surface area contributed by atoms with Crippen molar-refractivity contribution in [2.45, 2.75) is 6.54 Å². The molecule has 0 bridgehead atoms. The number of thiophene rings is 1. The fraction of sp³-hybridized carbons (Fsp3) is 0.556. The predicted molar refractivity (Wildman–Crippen MR) is 61.6 cm³/mol. The summed E-state index contributed by atoms with van der Waals surface area (Å²) in [5.41, 5.74) is 0. The third kappa shape index (κ3) is 5.07. The summed E-state index contributed by atoms with van der Waals surface area (Å²) in [7, 11) is 0. The third-order valence-corrected chi connectivity index (χ3v) is 3.21. The van der Waals surface area contributed by atoms with Gasteiger partial charge in [0.25, 0.3) is 0 Å². The molecule has 1 rings (SSSR count). The highest BCUT2D eigenvalue weighted by Gasteiger charge is 1.96. The largest absolute Gasteiger partial charge is 0.394 e. The smallest absolute Gasteiger partial charge is 0.0701 e. The lowest BCUT2D eigenvalue weighted by Gasteiger charge is -2.03. The van der Waals surface area contributed by atoms with Crippen molar-refractivity contribution in [3.8, 4) is 0 Å². The minimum absolute atomic E-state index is 0.0951. The van der Waals surface area contributed by atoms with Crippen molar-refractivity contribution in [3.63, 3.8) is 0 Å². The second-order valence-corrected chi connectivity index (χ2v) is 5.27. The van der Waals surface area contributed by atoms with E-state index in [4.69, 9.17) is 9.84 Å². The van der Waals surface area contributed by atoms with E-state index in [0.717, 1.165) is 16.9 Å².